The molecule has 1 rings (SSSR count). The molecular weight excluding hydrogens is 270 g/mol. The first-order valence-corrected chi connectivity index (χ1v) is 6.28. The van der Waals surface area contributed by atoms with Crippen molar-refractivity contribution in [3.05, 3.63) is 16.0 Å². The summed E-state index contributed by atoms with van der Waals surface area (Å²) >= 11 is 3.42. The zero-order valence-electron chi connectivity index (χ0n) is 9.79. The molecule has 16 heavy (non-hydrogen) atoms. The van der Waals surface area contributed by atoms with E-state index in [9.17, 15) is 0 Å². The highest BCUT2D eigenvalue weighted by Crippen LogP contribution is 2.22. The van der Waals surface area contributed by atoms with Gasteiger partial charge in [0.2, 0.25) is 0 Å². The quantitative estimate of drug-likeness (QED) is 0.816. The molecule has 0 bridgehead atoms. The fourth-order valence-electron chi connectivity index (χ4n) is 1.45. The molecule has 90 valence electrons. The van der Waals surface area contributed by atoms with Crippen LogP contribution in [-0.4, -0.2) is 23.7 Å². The standard InChI is InChI=1S/C11H18BrN3O/c1-3-5-8-10(12)11(13)15-9(14-8)6-4-7-16-2/h3-7H2,1-2H3,(H2,13,14,15). The molecule has 0 aliphatic rings. The molecule has 0 aliphatic heterocycles. The van der Waals surface area contributed by atoms with Crippen LogP contribution in [0, 0.1) is 0 Å². The van der Waals surface area contributed by atoms with Crippen molar-refractivity contribution in [2.24, 2.45) is 0 Å². The number of aromatic nitrogens is 2. The SMILES string of the molecule is CCCc1nc(CCCOC)nc(N)c1Br. The van der Waals surface area contributed by atoms with Crippen LogP contribution in [0.2, 0.25) is 0 Å². The number of halogens is 1. The van der Waals surface area contributed by atoms with Gasteiger partial charge in [0.1, 0.15) is 11.6 Å². The number of nitrogen functional groups attached to an aromatic ring is 1. The van der Waals surface area contributed by atoms with Crippen LogP contribution in [0.15, 0.2) is 4.47 Å². The molecule has 1 heterocycles. The fraction of sp³-hybridized carbons (Fsp3) is 0.636. The predicted octanol–water partition coefficient (Wildman–Crippen LogP) is 2.35. The fourth-order valence-corrected chi connectivity index (χ4v) is 1.83. The first-order valence-electron chi connectivity index (χ1n) is 5.48. The minimum atomic E-state index is 0.533. The van der Waals surface area contributed by atoms with E-state index in [-0.39, 0.29) is 0 Å². The number of nitrogens with zero attached hydrogens (tertiary/aromatic N) is 2. The number of methoxy groups -OCH3 is 1. The predicted molar refractivity (Wildman–Crippen MR) is 68.3 cm³/mol. The summed E-state index contributed by atoms with van der Waals surface area (Å²) < 4.78 is 5.84. The number of ether oxygens (including phenoxy) is 1. The van der Waals surface area contributed by atoms with Gasteiger partial charge in [-0.15, -0.1) is 0 Å². The van der Waals surface area contributed by atoms with Gasteiger partial charge in [0, 0.05) is 20.1 Å². The lowest BCUT2D eigenvalue weighted by Gasteiger charge is -2.08. The van der Waals surface area contributed by atoms with E-state index in [1.54, 1.807) is 7.11 Å². The first-order chi connectivity index (χ1) is 7.69. The average Bonchev–Trinajstić information content (AvgIpc) is 2.26. The Labute approximate surface area is 105 Å². The van der Waals surface area contributed by atoms with Gasteiger partial charge in [0.05, 0.1) is 10.2 Å². The van der Waals surface area contributed by atoms with Crippen LogP contribution in [-0.2, 0) is 17.6 Å². The maximum absolute atomic E-state index is 5.83. The summed E-state index contributed by atoms with van der Waals surface area (Å²) in [6.45, 7) is 2.85. The van der Waals surface area contributed by atoms with Gasteiger partial charge in [-0.25, -0.2) is 9.97 Å². The second kappa shape index (κ2) is 6.81. The highest BCUT2D eigenvalue weighted by atomic mass is 79.9. The van der Waals surface area contributed by atoms with Crippen LogP contribution in [0.25, 0.3) is 0 Å². The number of nitrogens with two attached hydrogens (primary N) is 1. The largest absolute Gasteiger partial charge is 0.385 e. The van der Waals surface area contributed by atoms with Gasteiger partial charge < -0.3 is 10.5 Å². The number of rotatable bonds is 6. The van der Waals surface area contributed by atoms with E-state index in [4.69, 9.17) is 10.5 Å². The van der Waals surface area contributed by atoms with Gasteiger partial charge in [-0.2, -0.15) is 0 Å². The lowest BCUT2D eigenvalue weighted by atomic mass is 10.2. The van der Waals surface area contributed by atoms with Gasteiger partial charge in [0.15, 0.2) is 0 Å². The molecule has 0 saturated heterocycles. The molecule has 0 atom stereocenters. The summed E-state index contributed by atoms with van der Waals surface area (Å²) in [5, 5.41) is 0. The lowest BCUT2D eigenvalue weighted by Crippen LogP contribution is -2.06. The molecule has 4 nitrogen and oxygen atoms in total. The number of aryl methyl sites for hydroxylation is 2. The van der Waals surface area contributed by atoms with Crippen LogP contribution >= 0.6 is 15.9 Å². The Morgan fingerprint density at radius 3 is 2.69 bits per heavy atom. The molecule has 0 saturated carbocycles. The first kappa shape index (κ1) is 13.4. The molecule has 0 unspecified atom stereocenters. The smallest absolute Gasteiger partial charge is 0.141 e. The molecule has 0 fully saturated rings. The van der Waals surface area contributed by atoms with Gasteiger partial charge in [-0.1, -0.05) is 13.3 Å². The molecule has 0 radical (unpaired) electrons. The van der Waals surface area contributed by atoms with Gasteiger partial charge in [-0.05, 0) is 28.8 Å². The maximum Gasteiger partial charge on any atom is 0.141 e. The minimum Gasteiger partial charge on any atom is -0.385 e. The van der Waals surface area contributed by atoms with E-state index in [0.717, 1.165) is 48.3 Å². The van der Waals surface area contributed by atoms with Gasteiger partial charge in [-0.3, -0.25) is 0 Å². The normalized spacial score (nSPS) is 10.7. The Bertz CT molecular complexity index is 344. The lowest BCUT2D eigenvalue weighted by molar-refractivity contribution is 0.194. The Morgan fingerprint density at radius 1 is 1.31 bits per heavy atom. The molecule has 0 amide bonds. The molecule has 0 spiro atoms. The summed E-state index contributed by atoms with van der Waals surface area (Å²) in [4.78, 5) is 8.75. The van der Waals surface area contributed by atoms with Crippen molar-refractivity contribution in [2.75, 3.05) is 19.5 Å². The molecule has 1 aromatic rings. The molecule has 0 aliphatic carbocycles. The monoisotopic (exact) mass is 287 g/mol. The number of anilines is 1. The van der Waals surface area contributed by atoms with Crippen LogP contribution in [0.3, 0.4) is 0 Å². The van der Waals surface area contributed by atoms with Crippen molar-refractivity contribution in [2.45, 2.75) is 32.6 Å². The minimum absolute atomic E-state index is 0.533. The third kappa shape index (κ3) is 3.72. The average molecular weight is 288 g/mol. The summed E-state index contributed by atoms with van der Waals surface area (Å²) in [6.07, 6.45) is 3.70. The van der Waals surface area contributed by atoms with Crippen LogP contribution in [0.4, 0.5) is 5.82 Å². The zero-order valence-corrected chi connectivity index (χ0v) is 11.4. The summed E-state index contributed by atoms with van der Waals surface area (Å²) in [5.41, 5.74) is 6.83. The van der Waals surface area contributed by atoms with Crippen LogP contribution in [0.1, 0.15) is 31.3 Å². The van der Waals surface area contributed by atoms with Crippen molar-refractivity contribution < 1.29 is 4.74 Å². The van der Waals surface area contributed by atoms with E-state index < -0.39 is 0 Å². The van der Waals surface area contributed by atoms with Crippen LogP contribution in [0.5, 0.6) is 0 Å². The second-order valence-corrected chi connectivity index (χ2v) is 4.43. The Balaban J connectivity index is 2.77. The zero-order chi connectivity index (χ0) is 12.0. The Kier molecular flexibility index (Phi) is 5.69. The third-order valence-corrected chi connectivity index (χ3v) is 3.09. The Morgan fingerprint density at radius 2 is 2.06 bits per heavy atom. The van der Waals surface area contributed by atoms with Crippen LogP contribution < -0.4 is 5.73 Å². The van der Waals surface area contributed by atoms with E-state index in [0.29, 0.717) is 5.82 Å². The molecule has 1 aromatic heterocycles. The number of hydrogen-bond acceptors (Lipinski definition) is 4. The van der Waals surface area contributed by atoms with Crippen molar-refractivity contribution in [1.82, 2.24) is 9.97 Å². The van der Waals surface area contributed by atoms with E-state index >= 15 is 0 Å². The summed E-state index contributed by atoms with van der Waals surface area (Å²) in [5.74, 6) is 1.34. The second-order valence-electron chi connectivity index (χ2n) is 3.63. The van der Waals surface area contributed by atoms with Crippen molar-refractivity contribution >= 4 is 21.7 Å². The van der Waals surface area contributed by atoms with E-state index in [2.05, 4.69) is 32.8 Å². The van der Waals surface area contributed by atoms with E-state index in [1.807, 2.05) is 0 Å². The maximum atomic E-state index is 5.83. The highest BCUT2D eigenvalue weighted by Gasteiger charge is 2.09. The molecule has 5 heteroatoms. The molecule has 0 aromatic carbocycles. The van der Waals surface area contributed by atoms with Crippen molar-refractivity contribution in [3.63, 3.8) is 0 Å². The van der Waals surface area contributed by atoms with E-state index in [1.165, 1.54) is 0 Å². The highest BCUT2D eigenvalue weighted by molar-refractivity contribution is 9.10. The Hall–Kier alpha value is -0.680. The van der Waals surface area contributed by atoms with Crippen molar-refractivity contribution in [3.8, 4) is 0 Å². The summed E-state index contributed by atoms with van der Waals surface area (Å²) in [6, 6.07) is 0. The number of hydrogen-bond donors (Lipinski definition) is 1. The molecule has 2 N–H and O–H groups in total. The third-order valence-electron chi connectivity index (χ3n) is 2.23. The topological polar surface area (TPSA) is 61.0 Å². The van der Waals surface area contributed by atoms with Gasteiger partial charge >= 0.3 is 0 Å². The van der Waals surface area contributed by atoms with Gasteiger partial charge in [0.25, 0.3) is 0 Å². The molecular formula is C11H18BrN3O. The van der Waals surface area contributed by atoms with Crippen molar-refractivity contribution in [1.29, 1.82) is 0 Å². The summed E-state index contributed by atoms with van der Waals surface area (Å²) in [7, 11) is 1.69.